The number of unbranched alkanes of at least 4 members (excludes halogenated alkanes) is 1. The summed E-state index contributed by atoms with van der Waals surface area (Å²) in [4.78, 5) is 2.71. The van der Waals surface area contributed by atoms with Crippen LogP contribution in [0.25, 0.3) is 0 Å². The molecular formula is C17H29N. The second kappa shape index (κ2) is 5.11. The molecule has 0 aromatic heterocycles. The molecule has 0 aromatic carbocycles. The number of hydrogen-bond donors (Lipinski definition) is 0. The summed E-state index contributed by atoms with van der Waals surface area (Å²) in [6.45, 7) is 13.0. The first-order valence-corrected chi connectivity index (χ1v) is 7.61. The quantitative estimate of drug-likeness (QED) is 0.695. The maximum atomic E-state index is 2.71. The van der Waals surface area contributed by atoms with Crippen molar-refractivity contribution in [1.82, 2.24) is 4.90 Å². The molecule has 1 heterocycles. The number of hydrogen-bond acceptors (Lipinski definition) is 1. The molecule has 1 aliphatic carbocycles. The van der Waals surface area contributed by atoms with Crippen LogP contribution in [0.15, 0.2) is 23.4 Å². The van der Waals surface area contributed by atoms with Crippen molar-refractivity contribution in [2.75, 3.05) is 6.54 Å². The van der Waals surface area contributed by atoms with E-state index in [-0.39, 0.29) is 0 Å². The van der Waals surface area contributed by atoms with E-state index >= 15 is 0 Å². The summed E-state index contributed by atoms with van der Waals surface area (Å²) in [6.07, 6.45) is 10.0. The van der Waals surface area contributed by atoms with Gasteiger partial charge < -0.3 is 4.90 Å². The van der Waals surface area contributed by atoms with Crippen LogP contribution < -0.4 is 0 Å². The number of likely N-dealkylation sites (tertiary alicyclic amines) is 1. The van der Waals surface area contributed by atoms with Gasteiger partial charge >= 0.3 is 0 Å². The Morgan fingerprint density at radius 1 is 1.39 bits per heavy atom. The number of piperidine rings is 1. The molecule has 1 nitrogen and oxygen atoms in total. The molecule has 2 unspecified atom stereocenters. The van der Waals surface area contributed by atoms with Crippen molar-refractivity contribution in [1.29, 1.82) is 0 Å². The van der Waals surface area contributed by atoms with Crippen molar-refractivity contribution < 1.29 is 0 Å². The molecule has 0 bridgehead atoms. The largest absolute Gasteiger partial charge is 0.369 e. The minimum atomic E-state index is 0.328. The molecule has 102 valence electrons. The predicted molar refractivity (Wildman–Crippen MR) is 79.4 cm³/mol. The van der Waals surface area contributed by atoms with Gasteiger partial charge in [-0.05, 0) is 52.0 Å². The summed E-state index contributed by atoms with van der Waals surface area (Å²) in [5.41, 5.74) is 3.40. The van der Waals surface area contributed by atoms with Crippen molar-refractivity contribution >= 4 is 0 Å². The van der Waals surface area contributed by atoms with Gasteiger partial charge in [0.05, 0.1) is 0 Å². The fourth-order valence-corrected chi connectivity index (χ4v) is 3.77. The average Bonchev–Trinajstić information content (AvgIpc) is 2.27. The van der Waals surface area contributed by atoms with Gasteiger partial charge in [-0.15, -0.1) is 0 Å². The van der Waals surface area contributed by atoms with E-state index in [1.165, 1.54) is 37.8 Å². The standard InChI is InChI=1S/C17H29N/c1-6-7-10-18-16-11-13(2)8-9-15(16)14(3)12-17(18,4)5/h8,11,14-15H,6-7,9-10,12H2,1-5H3. The Kier molecular flexibility index (Phi) is 3.89. The molecule has 1 fully saturated rings. The maximum absolute atomic E-state index is 2.71. The van der Waals surface area contributed by atoms with Gasteiger partial charge in [-0.1, -0.05) is 31.9 Å². The zero-order chi connectivity index (χ0) is 13.3. The Morgan fingerprint density at radius 3 is 2.78 bits per heavy atom. The number of nitrogens with zero attached hydrogens (tertiary/aromatic N) is 1. The SMILES string of the molecule is CCCCN1C2=CC(C)=CCC2C(C)CC1(C)C. The number of allylic oxidation sites excluding steroid dienone is 4. The third kappa shape index (κ3) is 2.50. The second-order valence-electron chi connectivity index (χ2n) is 6.86. The lowest BCUT2D eigenvalue weighted by Crippen LogP contribution is -2.52. The molecule has 1 heteroatoms. The molecule has 2 rings (SSSR count). The van der Waals surface area contributed by atoms with E-state index in [2.05, 4.69) is 51.7 Å². The van der Waals surface area contributed by atoms with Gasteiger partial charge in [0.1, 0.15) is 0 Å². The Hall–Kier alpha value is -0.720. The molecule has 0 saturated carbocycles. The van der Waals surface area contributed by atoms with Crippen LogP contribution in [0.5, 0.6) is 0 Å². The molecule has 1 saturated heterocycles. The van der Waals surface area contributed by atoms with E-state index in [9.17, 15) is 0 Å². The van der Waals surface area contributed by atoms with Crippen LogP contribution in [0.4, 0.5) is 0 Å². The van der Waals surface area contributed by atoms with Crippen LogP contribution in [0.3, 0.4) is 0 Å². The minimum absolute atomic E-state index is 0.328. The van der Waals surface area contributed by atoms with Crippen molar-refractivity contribution in [2.45, 2.75) is 65.8 Å². The van der Waals surface area contributed by atoms with Crippen LogP contribution in [-0.4, -0.2) is 17.0 Å². The molecular weight excluding hydrogens is 218 g/mol. The molecule has 0 amide bonds. The minimum Gasteiger partial charge on any atom is -0.369 e. The maximum Gasteiger partial charge on any atom is 0.0346 e. The Bertz CT molecular complexity index is 362. The summed E-state index contributed by atoms with van der Waals surface area (Å²) in [5, 5.41) is 0. The van der Waals surface area contributed by atoms with Gasteiger partial charge in [0, 0.05) is 23.7 Å². The molecule has 2 atom stereocenters. The fourth-order valence-electron chi connectivity index (χ4n) is 3.77. The van der Waals surface area contributed by atoms with E-state index in [0.29, 0.717) is 5.54 Å². The average molecular weight is 247 g/mol. The topological polar surface area (TPSA) is 3.24 Å². The van der Waals surface area contributed by atoms with Crippen LogP contribution in [0.2, 0.25) is 0 Å². The first kappa shape index (κ1) is 13.7. The molecule has 1 aliphatic heterocycles. The van der Waals surface area contributed by atoms with E-state index in [0.717, 1.165) is 11.8 Å². The van der Waals surface area contributed by atoms with Crippen molar-refractivity contribution in [3.05, 3.63) is 23.4 Å². The van der Waals surface area contributed by atoms with Gasteiger partial charge in [0.25, 0.3) is 0 Å². The number of rotatable bonds is 3. The summed E-state index contributed by atoms with van der Waals surface area (Å²) in [5.74, 6) is 1.58. The molecule has 0 radical (unpaired) electrons. The molecule has 2 aliphatic rings. The summed E-state index contributed by atoms with van der Waals surface area (Å²) in [7, 11) is 0. The van der Waals surface area contributed by atoms with Crippen molar-refractivity contribution in [3.8, 4) is 0 Å². The molecule has 0 N–H and O–H groups in total. The van der Waals surface area contributed by atoms with E-state index < -0.39 is 0 Å². The second-order valence-corrected chi connectivity index (χ2v) is 6.86. The Labute approximate surface area is 113 Å². The lowest BCUT2D eigenvalue weighted by molar-refractivity contribution is 0.0579. The Morgan fingerprint density at radius 2 is 2.11 bits per heavy atom. The van der Waals surface area contributed by atoms with Gasteiger partial charge in [-0.2, -0.15) is 0 Å². The highest BCUT2D eigenvalue weighted by Crippen LogP contribution is 2.45. The van der Waals surface area contributed by atoms with Crippen molar-refractivity contribution in [3.63, 3.8) is 0 Å². The zero-order valence-corrected chi connectivity index (χ0v) is 12.8. The highest BCUT2D eigenvalue weighted by Gasteiger charge is 2.41. The lowest BCUT2D eigenvalue weighted by Gasteiger charge is -2.52. The summed E-state index contributed by atoms with van der Waals surface area (Å²) < 4.78 is 0. The first-order valence-electron chi connectivity index (χ1n) is 7.61. The molecule has 0 spiro atoms. The van der Waals surface area contributed by atoms with Crippen LogP contribution >= 0.6 is 0 Å². The van der Waals surface area contributed by atoms with E-state index in [1.807, 2.05) is 0 Å². The summed E-state index contributed by atoms with van der Waals surface area (Å²) in [6, 6.07) is 0. The third-order valence-electron chi connectivity index (χ3n) is 4.74. The van der Waals surface area contributed by atoms with Crippen LogP contribution in [0.1, 0.15) is 60.3 Å². The molecule has 0 aromatic rings. The van der Waals surface area contributed by atoms with E-state index in [1.54, 1.807) is 5.70 Å². The van der Waals surface area contributed by atoms with Crippen LogP contribution in [0, 0.1) is 11.8 Å². The Balaban J connectivity index is 2.29. The van der Waals surface area contributed by atoms with Crippen LogP contribution in [-0.2, 0) is 0 Å². The predicted octanol–water partition coefficient (Wildman–Crippen LogP) is 4.76. The lowest BCUT2D eigenvalue weighted by atomic mass is 9.72. The number of fused-ring (bicyclic) bond motifs is 1. The highest BCUT2D eigenvalue weighted by atomic mass is 15.2. The van der Waals surface area contributed by atoms with Gasteiger partial charge in [0.2, 0.25) is 0 Å². The normalized spacial score (nSPS) is 30.6. The smallest absolute Gasteiger partial charge is 0.0346 e. The zero-order valence-electron chi connectivity index (χ0n) is 12.8. The van der Waals surface area contributed by atoms with Crippen molar-refractivity contribution in [2.24, 2.45) is 11.8 Å². The van der Waals surface area contributed by atoms with E-state index in [4.69, 9.17) is 0 Å². The summed E-state index contributed by atoms with van der Waals surface area (Å²) >= 11 is 0. The fraction of sp³-hybridized carbons (Fsp3) is 0.765. The third-order valence-corrected chi connectivity index (χ3v) is 4.74. The first-order chi connectivity index (χ1) is 8.45. The monoisotopic (exact) mass is 247 g/mol. The van der Waals surface area contributed by atoms with Gasteiger partial charge in [0.15, 0.2) is 0 Å². The highest BCUT2D eigenvalue weighted by molar-refractivity contribution is 5.30. The van der Waals surface area contributed by atoms with Gasteiger partial charge in [-0.3, -0.25) is 0 Å². The van der Waals surface area contributed by atoms with Gasteiger partial charge in [-0.25, -0.2) is 0 Å². The molecule has 18 heavy (non-hydrogen) atoms.